The van der Waals surface area contributed by atoms with Gasteiger partial charge in [-0.15, -0.1) is 0 Å². The van der Waals surface area contributed by atoms with E-state index < -0.39 is 5.60 Å². The Labute approximate surface area is 105 Å². The second kappa shape index (κ2) is 4.94. The van der Waals surface area contributed by atoms with Crippen LogP contribution in [0.15, 0.2) is 24.3 Å². The van der Waals surface area contributed by atoms with E-state index in [0.29, 0.717) is 18.7 Å². The molecule has 0 radical (unpaired) electrons. The Kier molecular flexibility index (Phi) is 3.52. The molecule has 18 heavy (non-hydrogen) atoms. The maximum atomic E-state index is 12.9. The zero-order valence-corrected chi connectivity index (χ0v) is 10.2. The van der Waals surface area contributed by atoms with Crippen LogP contribution in [0.1, 0.15) is 13.3 Å². The number of carbonyl (C=O) groups excluding carboxylic acids is 1. The van der Waals surface area contributed by atoms with Gasteiger partial charge >= 0.3 is 0 Å². The molecule has 1 aromatic rings. The van der Waals surface area contributed by atoms with Gasteiger partial charge in [0.05, 0.1) is 6.54 Å². The minimum atomic E-state index is -1.04. The molecule has 5 heteroatoms. The summed E-state index contributed by atoms with van der Waals surface area (Å²) in [6.07, 6.45) is 0.474. The molecule has 0 unspecified atom stereocenters. The molecule has 1 aliphatic rings. The number of likely N-dealkylation sites (tertiary alicyclic amines) is 1. The molecule has 0 saturated carbocycles. The lowest BCUT2D eigenvalue weighted by Gasteiger charge is -2.23. The van der Waals surface area contributed by atoms with Gasteiger partial charge in [-0.05, 0) is 18.6 Å². The average Bonchev–Trinajstić information content (AvgIpc) is 2.71. The molecule has 0 aromatic heterocycles. The number of amides is 1. The first kappa shape index (κ1) is 12.8. The van der Waals surface area contributed by atoms with Gasteiger partial charge < -0.3 is 14.7 Å². The molecule has 0 bridgehead atoms. The van der Waals surface area contributed by atoms with Crippen molar-refractivity contribution in [1.29, 1.82) is 0 Å². The van der Waals surface area contributed by atoms with Crippen molar-refractivity contribution in [3.8, 4) is 5.75 Å². The highest BCUT2D eigenvalue weighted by atomic mass is 19.1. The van der Waals surface area contributed by atoms with Crippen LogP contribution in [0.25, 0.3) is 0 Å². The maximum absolute atomic E-state index is 12.9. The van der Waals surface area contributed by atoms with Crippen molar-refractivity contribution in [2.24, 2.45) is 0 Å². The van der Waals surface area contributed by atoms with Gasteiger partial charge in [-0.2, -0.15) is 0 Å². The summed E-state index contributed by atoms with van der Waals surface area (Å²) >= 11 is 0. The lowest BCUT2D eigenvalue weighted by atomic mass is 10.1. The van der Waals surface area contributed by atoms with Gasteiger partial charge in [0.1, 0.15) is 23.8 Å². The minimum absolute atomic E-state index is 0.0558. The predicted molar refractivity (Wildman–Crippen MR) is 63.7 cm³/mol. The second-order valence-corrected chi connectivity index (χ2v) is 4.66. The van der Waals surface area contributed by atoms with E-state index in [9.17, 15) is 14.3 Å². The van der Waals surface area contributed by atoms with E-state index >= 15 is 0 Å². The molecule has 2 rings (SSSR count). The molecule has 1 aromatic carbocycles. The van der Waals surface area contributed by atoms with Gasteiger partial charge in [0.25, 0.3) is 0 Å². The van der Waals surface area contributed by atoms with Crippen LogP contribution in [0.2, 0.25) is 0 Å². The van der Waals surface area contributed by atoms with Crippen LogP contribution >= 0.6 is 0 Å². The van der Waals surface area contributed by atoms with Crippen molar-refractivity contribution in [1.82, 2.24) is 4.90 Å². The van der Waals surface area contributed by atoms with E-state index in [-0.39, 0.29) is 24.9 Å². The molecule has 1 saturated heterocycles. The Bertz CT molecular complexity index is 452. The summed E-state index contributed by atoms with van der Waals surface area (Å²) in [4.78, 5) is 12.8. The number of β-amino-alcohol motifs (C(OH)–C–C–N with tert-alkyl or cyclic N) is 1. The third kappa shape index (κ3) is 2.98. The highest BCUT2D eigenvalue weighted by Gasteiger charge is 2.37. The van der Waals surface area contributed by atoms with Crippen molar-refractivity contribution < 1.29 is 19.0 Å². The molecule has 1 atom stereocenters. The third-order valence-corrected chi connectivity index (χ3v) is 3.08. The smallest absolute Gasteiger partial charge is 0.219 e. The predicted octanol–water partition coefficient (Wildman–Crippen LogP) is 1.19. The molecule has 0 aliphatic carbocycles. The Balaban J connectivity index is 1.92. The van der Waals surface area contributed by atoms with E-state index in [1.807, 2.05) is 0 Å². The molecule has 1 N–H and O–H groups in total. The highest BCUT2D eigenvalue weighted by molar-refractivity contribution is 5.73. The summed E-state index contributed by atoms with van der Waals surface area (Å²) in [6, 6.07) is 5.77. The van der Waals surface area contributed by atoms with Crippen LogP contribution < -0.4 is 4.74 Å². The lowest BCUT2D eigenvalue weighted by Crippen LogP contribution is -2.40. The molecular formula is C13H16FNO3. The van der Waals surface area contributed by atoms with Gasteiger partial charge in [0.2, 0.25) is 5.91 Å². The zero-order chi connectivity index (χ0) is 13.2. The molecule has 98 valence electrons. The third-order valence-electron chi connectivity index (χ3n) is 3.08. The number of rotatable bonds is 3. The van der Waals surface area contributed by atoms with Gasteiger partial charge in [0, 0.05) is 19.5 Å². The zero-order valence-electron chi connectivity index (χ0n) is 10.2. The topological polar surface area (TPSA) is 49.8 Å². The highest BCUT2D eigenvalue weighted by Crippen LogP contribution is 2.23. The van der Waals surface area contributed by atoms with Crippen molar-refractivity contribution >= 4 is 5.91 Å². The number of ether oxygens (including phenoxy) is 1. The Morgan fingerprint density at radius 3 is 3.00 bits per heavy atom. The minimum Gasteiger partial charge on any atom is -0.490 e. The molecule has 1 aliphatic heterocycles. The first-order valence-electron chi connectivity index (χ1n) is 5.85. The Morgan fingerprint density at radius 2 is 2.39 bits per heavy atom. The fourth-order valence-electron chi connectivity index (χ4n) is 2.02. The molecule has 0 spiro atoms. The fraction of sp³-hybridized carbons (Fsp3) is 0.462. The summed E-state index contributed by atoms with van der Waals surface area (Å²) in [5.41, 5.74) is -1.04. The summed E-state index contributed by atoms with van der Waals surface area (Å²) in [5, 5.41) is 10.2. The van der Waals surface area contributed by atoms with Crippen LogP contribution in [0.4, 0.5) is 4.39 Å². The number of carbonyl (C=O) groups is 1. The van der Waals surface area contributed by atoms with E-state index in [2.05, 4.69) is 0 Å². The number of benzene rings is 1. The van der Waals surface area contributed by atoms with Crippen molar-refractivity contribution in [2.75, 3.05) is 19.7 Å². The van der Waals surface area contributed by atoms with Crippen LogP contribution in [0.5, 0.6) is 5.75 Å². The summed E-state index contributed by atoms with van der Waals surface area (Å²) in [7, 11) is 0. The molecule has 1 fully saturated rings. The van der Waals surface area contributed by atoms with E-state index in [1.54, 1.807) is 17.0 Å². The normalized spacial score (nSPS) is 23.2. The molecule has 4 nitrogen and oxygen atoms in total. The largest absolute Gasteiger partial charge is 0.490 e. The van der Waals surface area contributed by atoms with Crippen LogP contribution in [0, 0.1) is 5.82 Å². The fourth-order valence-corrected chi connectivity index (χ4v) is 2.02. The molecule has 1 heterocycles. The van der Waals surface area contributed by atoms with Gasteiger partial charge in [0.15, 0.2) is 0 Å². The average molecular weight is 253 g/mol. The Morgan fingerprint density at radius 1 is 1.61 bits per heavy atom. The van der Waals surface area contributed by atoms with Crippen LogP contribution in [-0.2, 0) is 4.79 Å². The van der Waals surface area contributed by atoms with Gasteiger partial charge in [-0.1, -0.05) is 6.07 Å². The van der Waals surface area contributed by atoms with Crippen molar-refractivity contribution in [3.05, 3.63) is 30.1 Å². The van der Waals surface area contributed by atoms with E-state index in [4.69, 9.17) is 4.74 Å². The summed E-state index contributed by atoms with van der Waals surface area (Å²) < 4.78 is 18.3. The first-order valence-corrected chi connectivity index (χ1v) is 5.85. The van der Waals surface area contributed by atoms with Crippen LogP contribution in [0.3, 0.4) is 0 Å². The first-order chi connectivity index (χ1) is 8.48. The van der Waals surface area contributed by atoms with Gasteiger partial charge in [-0.3, -0.25) is 4.79 Å². The van der Waals surface area contributed by atoms with Crippen molar-refractivity contribution in [2.45, 2.75) is 18.9 Å². The number of hydrogen-bond donors (Lipinski definition) is 1. The summed E-state index contributed by atoms with van der Waals surface area (Å²) in [6.45, 7) is 2.31. The summed E-state index contributed by atoms with van der Waals surface area (Å²) in [5.74, 6) is -0.0577. The molecule has 1 amide bonds. The lowest BCUT2D eigenvalue weighted by molar-refractivity contribution is -0.129. The van der Waals surface area contributed by atoms with Crippen molar-refractivity contribution in [3.63, 3.8) is 0 Å². The quantitative estimate of drug-likeness (QED) is 0.880. The van der Waals surface area contributed by atoms with Crippen LogP contribution in [-0.4, -0.2) is 41.2 Å². The SMILES string of the molecule is CC(=O)N1CC[C@](O)(COc2cccc(F)c2)C1. The number of halogens is 1. The second-order valence-electron chi connectivity index (χ2n) is 4.66. The number of aliphatic hydroxyl groups is 1. The van der Waals surface area contributed by atoms with E-state index in [0.717, 1.165) is 0 Å². The maximum Gasteiger partial charge on any atom is 0.219 e. The monoisotopic (exact) mass is 253 g/mol. The standard InChI is InChI=1S/C13H16FNO3/c1-10(16)15-6-5-13(17,8-15)9-18-12-4-2-3-11(14)7-12/h2-4,7,17H,5-6,8-9H2,1H3/t13-/m1/s1. The Hall–Kier alpha value is -1.62. The number of hydrogen-bond acceptors (Lipinski definition) is 3. The van der Waals surface area contributed by atoms with Gasteiger partial charge in [-0.25, -0.2) is 4.39 Å². The molecular weight excluding hydrogens is 237 g/mol. The van der Waals surface area contributed by atoms with E-state index in [1.165, 1.54) is 19.1 Å². The number of nitrogens with zero attached hydrogens (tertiary/aromatic N) is 1.